The SMILES string of the molecule is CCn1c2ccccc2c2c3c(ccc21)N[C@@H]1c2cc(Br)ccc2OC[C@H]1C3(C)C. The molecule has 0 fully saturated rings. The highest BCUT2D eigenvalue weighted by Gasteiger charge is 2.47. The number of aromatic nitrogens is 1. The van der Waals surface area contributed by atoms with Crippen molar-refractivity contribution in [3.8, 4) is 5.75 Å². The lowest BCUT2D eigenvalue weighted by Crippen LogP contribution is -2.46. The summed E-state index contributed by atoms with van der Waals surface area (Å²) in [6.07, 6.45) is 0. The monoisotopic (exact) mass is 460 g/mol. The maximum Gasteiger partial charge on any atom is 0.124 e. The number of nitrogens with one attached hydrogen (secondary N) is 1. The summed E-state index contributed by atoms with van der Waals surface area (Å²) >= 11 is 3.65. The van der Waals surface area contributed by atoms with Crippen LogP contribution in [0.5, 0.6) is 5.75 Å². The fraction of sp³-hybridized carbons (Fsp3) is 0.308. The molecule has 3 nitrogen and oxygen atoms in total. The number of anilines is 1. The minimum atomic E-state index is -0.0343. The molecule has 152 valence electrons. The molecule has 0 saturated carbocycles. The number of aryl methyl sites for hydroxylation is 1. The van der Waals surface area contributed by atoms with Crippen LogP contribution in [0.4, 0.5) is 5.69 Å². The third kappa shape index (κ3) is 2.31. The molecular formula is C26H25BrN2O. The summed E-state index contributed by atoms with van der Waals surface area (Å²) in [5, 5.41) is 6.65. The zero-order valence-electron chi connectivity index (χ0n) is 17.5. The number of hydrogen-bond acceptors (Lipinski definition) is 2. The second kappa shape index (κ2) is 6.27. The number of rotatable bonds is 1. The van der Waals surface area contributed by atoms with Crippen LogP contribution in [0, 0.1) is 5.92 Å². The summed E-state index contributed by atoms with van der Waals surface area (Å²) < 4.78 is 9.79. The summed E-state index contributed by atoms with van der Waals surface area (Å²) in [6, 6.07) is 20.0. The number of hydrogen-bond donors (Lipinski definition) is 1. The standard InChI is InChI=1S/C26H25BrN2O/c1-4-29-20-8-6-5-7-16(20)23-21(29)11-10-19-24(23)26(2,3)18-14-30-22-12-9-15(27)13-17(22)25(18)28-19/h5-13,18,25,28H,4,14H2,1-3H3/t18-,25-/m1/s1. The maximum atomic E-state index is 6.26. The van der Waals surface area contributed by atoms with Gasteiger partial charge in [-0.3, -0.25) is 0 Å². The van der Waals surface area contributed by atoms with Gasteiger partial charge in [0.05, 0.1) is 12.6 Å². The molecule has 0 unspecified atom stereocenters. The smallest absolute Gasteiger partial charge is 0.124 e. The van der Waals surface area contributed by atoms with Gasteiger partial charge < -0.3 is 14.6 Å². The van der Waals surface area contributed by atoms with Crippen molar-refractivity contribution in [2.75, 3.05) is 11.9 Å². The third-order valence-electron chi connectivity index (χ3n) is 7.26. The summed E-state index contributed by atoms with van der Waals surface area (Å²) in [7, 11) is 0. The number of benzene rings is 3. The van der Waals surface area contributed by atoms with Crippen molar-refractivity contribution in [1.29, 1.82) is 0 Å². The molecule has 0 spiro atoms. The quantitative estimate of drug-likeness (QED) is 0.329. The van der Waals surface area contributed by atoms with Crippen LogP contribution < -0.4 is 10.1 Å². The first-order valence-electron chi connectivity index (χ1n) is 10.7. The van der Waals surface area contributed by atoms with Crippen molar-refractivity contribution in [3.63, 3.8) is 0 Å². The number of para-hydroxylation sites is 1. The molecule has 1 N–H and O–H groups in total. The van der Waals surface area contributed by atoms with Gasteiger partial charge in [-0.15, -0.1) is 0 Å². The van der Waals surface area contributed by atoms with E-state index in [2.05, 4.69) is 101 Å². The van der Waals surface area contributed by atoms with E-state index in [1.807, 2.05) is 0 Å². The summed E-state index contributed by atoms with van der Waals surface area (Å²) in [4.78, 5) is 0. The van der Waals surface area contributed by atoms with E-state index >= 15 is 0 Å². The van der Waals surface area contributed by atoms with Gasteiger partial charge in [0.25, 0.3) is 0 Å². The van der Waals surface area contributed by atoms with Crippen molar-refractivity contribution < 1.29 is 4.74 Å². The molecular weight excluding hydrogens is 436 g/mol. The van der Waals surface area contributed by atoms with Crippen molar-refractivity contribution in [2.45, 2.75) is 38.8 Å². The highest BCUT2D eigenvalue weighted by atomic mass is 79.9. The lowest BCUT2D eigenvalue weighted by atomic mass is 9.64. The molecule has 2 aliphatic heterocycles. The maximum absolute atomic E-state index is 6.26. The molecule has 2 atom stereocenters. The predicted octanol–water partition coefficient (Wildman–Crippen LogP) is 7.03. The van der Waals surface area contributed by atoms with Crippen LogP contribution in [0.1, 0.15) is 37.9 Å². The average Bonchev–Trinajstić information content (AvgIpc) is 3.07. The van der Waals surface area contributed by atoms with Crippen molar-refractivity contribution in [3.05, 3.63) is 70.2 Å². The molecule has 2 aliphatic rings. The van der Waals surface area contributed by atoms with E-state index in [-0.39, 0.29) is 11.5 Å². The predicted molar refractivity (Wildman–Crippen MR) is 128 cm³/mol. The van der Waals surface area contributed by atoms with E-state index in [4.69, 9.17) is 4.74 Å². The van der Waals surface area contributed by atoms with E-state index in [9.17, 15) is 0 Å². The minimum Gasteiger partial charge on any atom is -0.493 e. The Kier molecular flexibility index (Phi) is 3.83. The molecule has 0 radical (unpaired) electrons. The molecule has 6 rings (SSSR count). The van der Waals surface area contributed by atoms with Gasteiger partial charge in [0.2, 0.25) is 0 Å². The van der Waals surface area contributed by atoms with E-state index in [1.54, 1.807) is 0 Å². The van der Waals surface area contributed by atoms with E-state index in [0.29, 0.717) is 5.92 Å². The summed E-state index contributed by atoms with van der Waals surface area (Å²) in [5.74, 6) is 1.34. The normalized spacial score (nSPS) is 21.5. The molecule has 4 heteroatoms. The molecule has 1 aromatic heterocycles. The highest BCUT2D eigenvalue weighted by molar-refractivity contribution is 9.10. The molecule has 0 saturated heterocycles. The Morgan fingerprint density at radius 3 is 2.77 bits per heavy atom. The molecule has 30 heavy (non-hydrogen) atoms. The van der Waals surface area contributed by atoms with Gasteiger partial charge in [0, 0.05) is 55.4 Å². The minimum absolute atomic E-state index is 0.0343. The largest absolute Gasteiger partial charge is 0.493 e. The van der Waals surface area contributed by atoms with E-state index in [1.165, 1.54) is 38.6 Å². The number of fused-ring (bicyclic) bond motifs is 8. The first-order chi connectivity index (χ1) is 14.5. The van der Waals surface area contributed by atoms with E-state index < -0.39 is 0 Å². The average molecular weight is 461 g/mol. The first-order valence-corrected chi connectivity index (χ1v) is 11.5. The van der Waals surface area contributed by atoms with Gasteiger partial charge in [-0.25, -0.2) is 0 Å². The van der Waals surface area contributed by atoms with E-state index in [0.717, 1.165) is 23.4 Å². The second-order valence-corrected chi connectivity index (χ2v) is 10.0. The van der Waals surface area contributed by atoms with Crippen molar-refractivity contribution >= 4 is 43.4 Å². The van der Waals surface area contributed by atoms with Crippen molar-refractivity contribution in [2.24, 2.45) is 5.92 Å². The zero-order valence-corrected chi connectivity index (χ0v) is 19.1. The Balaban J connectivity index is 1.65. The van der Waals surface area contributed by atoms with Gasteiger partial charge in [-0.05, 0) is 48.9 Å². The topological polar surface area (TPSA) is 26.2 Å². The van der Waals surface area contributed by atoms with Gasteiger partial charge in [0.15, 0.2) is 0 Å². The second-order valence-electron chi connectivity index (χ2n) is 9.09. The lowest BCUT2D eigenvalue weighted by molar-refractivity contribution is 0.136. The molecule has 0 bridgehead atoms. The first kappa shape index (κ1) is 18.3. The van der Waals surface area contributed by atoms with Crippen LogP contribution in [-0.2, 0) is 12.0 Å². The van der Waals surface area contributed by atoms with Gasteiger partial charge in [-0.2, -0.15) is 0 Å². The molecule has 3 heterocycles. The van der Waals surface area contributed by atoms with Crippen LogP contribution in [-0.4, -0.2) is 11.2 Å². The fourth-order valence-electron chi connectivity index (χ4n) is 5.81. The summed E-state index contributed by atoms with van der Waals surface area (Å²) in [6.45, 7) is 8.71. The van der Waals surface area contributed by atoms with Crippen LogP contribution in [0.25, 0.3) is 21.8 Å². The Labute approximate surface area is 185 Å². The number of ether oxygens (including phenoxy) is 1. The Morgan fingerprint density at radius 2 is 1.93 bits per heavy atom. The Morgan fingerprint density at radius 1 is 1.10 bits per heavy atom. The van der Waals surface area contributed by atoms with Crippen LogP contribution >= 0.6 is 15.9 Å². The van der Waals surface area contributed by atoms with Crippen LogP contribution in [0.2, 0.25) is 0 Å². The van der Waals surface area contributed by atoms with Crippen molar-refractivity contribution in [1.82, 2.24) is 4.57 Å². The van der Waals surface area contributed by atoms with Gasteiger partial charge in [0.1, 0.15) is 5.75 Å². The Bertz CT molecular complexity index is 1320. The number of halogens is 1. The lowest BCUT2D eigenvalue weighted by Gasteiger charge is -2.49. The molecule has 4 aromatic rings. The number of nitrogens with zero attached hydrogens (tertiary/aromatic N) is 1. The van der Waals surface area contributed by atoms with Crippen LogP contribution in [0.15, 0.2) is 59.1 Å². The summed E-state index contributed by atoms with van der Waals surface area (Å²) in [5.41, 5.74) is 6.52. The molecule has 0 aliphatic carbocycles. The fourth-order valence-corrected chi connectivity index (χ4v) is 6.19. The van der Waals surface area contributed by atoms with Gasteiger partial charge in [-0.1, -0.05) is 48.0 Å². The van der Waals surface area contributed by atoms with Gasteiger partial charge >= 0.3 is 0 Å². The zero-order chi connectivity index (χ0) is 20.6. The highest BCUT2D eigenvalue weighted by Crippen LogP contribution is 2.55. The Hall–Kier alpha value is -2.46. The molecule has 3 aromatic carbocycles. The third-order valence-corrected chi connectivity index (χ3v) is 7.76. The van der Waals surface area contributed by atoms with Crippen LogP contribution in [0.3, 0.4) is 0 Å². The molecule has 0 amide bonds.